The van der Waals surface area contributed by atoms with Crippen LogP contribution in [-0.4, -0.2) is 33.6 Å². The zero-order valence-corrected chi connectivity index (χ0v) is 11.2. The summed E-state index contributed by atoms with van der Waals surface area (Å²) in [6.45, 7) is 0. The van der Waals surface area contributed by atoms with E-state index in [1.165, 1.54) is 25.7 Å². The Morgan fingerprint density at radius 1 is 1.59 bits per heavy atom. The van der Waals surface area contributed by atoms with E-state index in [2.05, 4.69) is 15.5 Å². The summed E-state index contributed by atoms with van der Waals surface area (Å²) in [7, 11) is 3.80. The van der Waals surface area contributed by atoms with Crippen LogP contribution in [0.2, 0.25) is 0 Å². The van der Waals surface area contributed by atoms with Gasteiger partial charge in [-0.05, 0) is 32.2 Å². The SMILES string of the molecule is CNC1CCCC1CCSc1n[nH]c(=O)n1C. The van der Waals surface area contributed by atoms with Gasteiger partial charge in [0, 0.05) is 18.8 Å². The van der Waals surface area contributed by atoms with Crippen molar-refractivity contribution >= 4 is 11.8 Å². The Morgan fingerprint density at radius 3 is 3.06 bits per heavy atom. The molecule has 1 aliphatic rings. The number of nitrogens with zero attached hydrogens (tertiary/aromatic N) is 2. The molecule has 0 bridgehead atoms. The first-order valence-corrected chi connectivity index (χ1v) is 7.12. The molecule has 2 N–H and O–H groups in total. The minimum Gasteiger partial charge on any atom is -0.317 e. The van der Waals surface area contributed by atoms with Crippen LogP contribution >= 0.6 is 11.8 Å². The van der Waals surface area contributed by atoms with Gasteiger partial charge in [0.1, 0.15) is 0 Å². The van der Waals surface area contributed by atoms with Crippen LogP contribution in [0.3, 0.4) is 0 Å². The molecule has 0 amide bonds. The minimum atomic E-state index is -0.138. The molecule has 5 nitrogen and oxygen atoms in total. The molecule has 1 aliphatic carbocycles. The first kappa shape index (κ1) is 12.7. The third-order valence-electron chi connectivity index (χ3n) is 3.59. The lowest BCUT2D eigenvalue weighted by Crippen LogP contribution is -2.29. The van der Waals surface area contributed by atoms with Gasteiger partial charge in [-0.15, -0.1) is 5.10 Å². The van der Waals surface area contributed by atoms with Gasteiger partial charge in [-0.25, -0.2) is 9.89 Å². The molecule has 2 atom stereocenters. The maximum atomic E-state index is 11.2. The number of aromatic amines is 1. The summed E-state index contributed by atoms with van der Waals surface area (Å²) in [4.78, 5) is 11.2. The predicted molar refractivity (Wildman–Crippen MR) is 69.4 cm³/mol. The largest absolute Gasteiger partial charge is 0.343 e. The van der Waals surface area contributed by atoms with E-state index in [1.807, 2.05) is 7.05 Å². The highest BCUT2D eigenvalue weighted by molar-refractivity contribution is 7.99. The van der Waals surface area contributed by atoms with E-state index in [0.29, 0.717) is 6.04 Å². The zero-order chi connectivity index (χ0) is 12.3. The van der Waals surface area contributed by atoms with Gasteiger partial charge < -0.3 is 5.32 Å². The quantitative estimate of drug-likeness (QED) is 0.771. The first-order chi connectivity index (χ1) is 8.22. The number of aromatic nitrogens is 3. The fourth-order valence-electron chi connectivity index (χ4n) is 2.53. The second-order valence-corrected chi connectivity index (χ2v) is 5.66. The van der Waals surface area contributed by atoms with E-state index in [1.54, 1.807) is 23.4 Å². The summed E-state index contributed by atoms with van der Waals surface area (Å²) in [6.07, 6.45) is 5.15. The predicted octanol–water partition coefficient (Wildman–Crippen LogP) is 0.979. The fraction of sp³-hybridized carbons (Fsp3) is 0.818. The van der Waals surface area contributed by atoms with E-state index in [0.717, 1.165) is 16.8 Å². The molecule has 1 aromatic heterocycles. The highest BCUT2D eigenvalue weighted by atomic mass is 32.2. The van der Waals surface area contributed by atoms with Crippen LogP contribution in [0, 0.1) is 5.92 Å². The fourth-order valence-corrected chi connectivity index (χ4v) is 3.52. The summed E-state index contributed by atoms with van der Waals surface area (Å²) in [5.74, 6) is 1.81. The molecule has 2 unspecified atom stereocenters. The van der Waals surface area contributed by atoms with Crippen molar-refractivity contribution in [1.82, 2.24) is 20.1 Å². The Bertz CT molecular complexity index is 414. The van der Waals surface area contributed by atoms with Crippen LogP contribution in [0.15, 0.2) is 9.95 Å². The van der Waals surface area contributed by atoms with Crippen LogP contribution in [-0.2, 0) is 7.05 Å². The normalized spacial score (nSPS) is 24.4. The molecule has 0 aromatic carbocycles. The van der Waals surface area contributed by atoms with Crippen molar-refractivity contribution in [3.8, 4) is 0 Å². The van der Waals surface area contributed by atoms with Gasteiger partial charge >= 0.3 is 5.69 Å². The number of H-pyrrole nitrogens is 1. The maximum absolute atomic E-state index is 11.2. The van der Waals surface area contributed by atoms with Gasteiger partial charge in [0.15, 0.2) is 5.16 Å². The summed E-state index contributed by atoms with van der Waals surface area (Å²) in [5, 5.41) is 10.6. The Labute approximate surface area is 105 Å². The number of nitrogens with one attached hydrogen (secondary N) is 2. The van der Waals surface area contributed by atoms with Gasteiger partial charge in [-0.2, -0.15) is 0 Å². The Balaban J connectivity index is 1.80. The second kappa shape index (κ2) is 5.73. The lowest BCUT2D eigenvalue weighted by Gasteiger charge is -2.18. The summed E-state index contributed by atoms with van der Waals surface area (Å²) >= 11 is 1.66. The molecule has 0 spiro atoms. The number of hydrogen-bond acceptors (Lipinski definition) is 4. The molecular weight excluding hydrogens is 236 g/mol. The molecular formula is C11H20N4OS. The number of rotatable bonds is 5. The number of thioether (sulfide) groups is 1. The molecule has 0 radical (unpaired) electrons. The molecule has 1 fully saturated rings. The molecule has 96 valence electrons. The Morgan fingerprint density at radius 2 is 2.41 bits per heavy atom. The minimum absolute atomic E-state index is 0.138. The molecule has 6 heteroatoms. The lowest BCUT2D eigenvalue weighted by molar-refractivity contribution is 0.417. The summed E-state index contributed by atoms with van der Waals surface area (Å²) < 4.78 is 1.56. The smallest absolute Gasteiger partial charge is 0.317 e. The van der Waals surface area contributed by atoms with Crippen molar-refractivity contribution in [2.45, 2.75) is 36.9 Å². The standard InChI is InChI=1S/C11H20N4OS/c1-12-9-5-3-4-8(9)6-7-17-11-14-13-10(16)15(11)2/h8-9,12H,3-7H2,1-2H3,(H,13,16). The average Bonchev–Trinajstić information content (AvgIpc) is 2.90. The van der Waals surface area contributed by atoms with Crippen molar-refractivity contribution in [3.63, 3.8) is 0 Å². The van der Waals surface area contributed by atoms with E-state index < -0.39 is 0 Å². The van der Waals surface area contributed by atoms with Gasteiger partial charge in [0.2, 0.25) is 0 Å². The summed E-state index contributed by atoms with van der Waals surface area (Å²) in [5.41, 5.74) is -0.138. The van der Waals surface area contributed by atoms with Gasteiger partial charge in [-0.1, -0.05) is 18.2 Å². The van der Waals surface area contributed by atoms with E-state index in [9.17, 15) is 4.79 Å². The van der Waals surface area contributed by atoms with Crippen molar-refractivity contribution in [3.05, 3.63) is 10.5 Å². The van der Waals surface area contributed by atoms with Crippen LogP contribution in [0.4, 0.5) is 0 Å². The lowest BCUT2D eigenvalue weighted by atomic mass is 10.0. The zero-order valence-electron chi connectivity index (χ0n) is 10.4. The van der Waals surface area contributed by atoms with Gasteiger partial charge in [0.05, 0.1) is 0 Å². The third kappa shape index (κ3) is 2.93. The maximum Gasteiger partial charge on any atom is 0.343 e. The molecule has 2 rings (SSSR count). The van der Waals surface area contributed by atoms with E-state index in [4.69, 9.17) is 0 Å². The molecule has 1 saturated carbocycles. The van der Waals surface area contributed by atoms with Gasteiger partial charge in [0.25, 0.3) is 0 Å². The van der Waals surface area contributed by atoms with Crippen LogP contribution in [0.5, 0.6) is 0 Å². The topological polar surface area (TPSA) is 62.7 Å². The number of hydrogen-bond donors (Lipinski definition) is 2. The monoisotopic (exact) mass is 256 g/mol. The highest BCUT2D eigenvalue weighted by Crippen LogP contribution is 2.30. The van der Waals surface area contributed by atoms with Crippen molar-refractivity contribution in [1.29, 1.82) is 0 Å². The Hall–Kier alpha value is -0.750. The molecule has 1 heterocycles. The van der Waals surface area contributed by atoms with E-state index >= 15 is 0 Å². The van der Waals surface area contributed by atoms with Gasteiger partial charge in [-0.3, -0.25) is 4.57 Å². The molecule has 1 aromatic rings. The Kier molecular flexibility index (Phi) is 4.28. The molecule has 17 heavy (non-hydrogen) atoms. The third-order valence-corrected chi connectivity index (χ3v) is 4.65. The molecule has 0 aliphatic heterocycles. The van der Waals surface area contributed by atoms with E-state index in [-0.39, 0.29) is 5.69 Å². The molecule has 0 saturated heterocycles. The van der Waals surface area contributed by atoms with Crippen molar-refractivity contribution in [2.24, 2.45) is 13.0 Å². The van der Waals surface area contributed by atoms with Crippen LogP contribution < -0.4 is 11.0 Å². The van der Waals surface area contributed by atoms with Crippen LogP contribution in [0.1, 0.15) is 25.7 Å². The van der Waals surface area contributed by atoms with Crippen molar-refractivity contribution < 1.29 is 0 Å². The second-order valence-electron chi connectivity index (χ2n) is 4.59. The highest BCUT2D eigenvalue weighted by Gasteiger charge is 2.25. The first-order valence-electron chi connectivity index (χ1n) is 6.14. The van der Waals surface area contributed by atoms with Crippen LogP contribution in [0.25, 0.3) is 0 Å². The summed E-state index contributed by atoms with van der Waals surface area (Å²) in [6, 6.07) is 0.679. The van der Waals surface area contributed by atoms with Crippen molar-refractivity contribution in [2.75, 3.05) is 12.8 Å². The average molecular weight is 256 g/mol.